The van der Waals surface area contributed by atoms with Crippen molar-refractivity contribution in [1.29, 1.82) is 0 Å². The summed E-state index contributed by atoms with van der Waals surface area (Å²) in [5, 5.41) is 0. The van der Waals surface area contributed by atoms with E-state index in [0.29, 0.717) is 0 Å². The van der Waals surface area contributed by atoms with Crippen molar-refractivity contribution in [3.63, 3.8) is 0 Å². The molecule has 0 spiro atoms. The normalized spacial score (nSPS) is 16.6. The van der Waals surface area contributed by atoms with Gasteiger partial charge in [-0.05, 0) is 18.6 Å². The number of amides is 1. The molecule has 80 valence electrons. The van der Waals surface area contributed by atoms with Crippen molar-refractivity contribution in [1.82, 2.24) is 4.90 Å². The average molecular weight is 204 g/mol. The maximum Gasteiger partial charge on any atom is 0.220 e. The molecule has 1 fully saturated rings. The Morgan fingerprint density at radius 3 is 2.60 bits per heavy atom. The fourth-order valence-corrected chi connectivity index (χ4v) is 1.91. The lowest BCUT2D eigenvalue weighted by molar-refractivity contribution is -0.129. The molecule has 0 radical (unpaired) electrons. The van der Waals surface area contributed by atoms with Gasteiger partial charge in [-0.25, -0.2) is 0 Å². The molecule has 0 atom stereocenters. The summed E-state index contributed by atoms with van der Waals surface area (Å²) in [6.07, 6.45) is 1.05. The lowest BCUT2D eigenvalue weighted by atomic mass is 10.2. The molecule has 0 unspecified atom stereocenters. The van der Waals surface area contributed by atoms with Gasteiger partial charge in [-0.2, -0.15) is 0 Å². The van der Waals surface area contributed by atoms with E-state index in [2.05, 4.69) is 17.0 Å². The van der Waals surface area contributed by atoms with Gasteiger partial charge in [0.2, 0.25) is 5.91 Å². The van der Waals surface area contributed by atoms with E-state index in [0.717, 1.165) is 26.2 Å². The van der Waals surface area contributed by atoms with Gasteiger partial charge in [-0.1, -0.05) is 18.2 Å². The molecule has 1 amide bonds. The largest absolute Gasteiger partial charge is 0.354 e. The molecule has 0 N–H and O–H groups in total. The number of carbonyl (C=O) groups excluding carboxylic acids is 1. The van der Waals surface area contributed by atoms with Crippen molar-refractivity contribution in [2.45, 2.75) is 13.3 Å². The number of para-hydroxylation sites is 1. The molecular weight excluding hydrogens is 188 g/mol. The van der Waals surface area contributed by atoms with Gasteiger partial charge in [0, 0.05) is 25.7 Å². The standard InChI is InChI=1S/C12H16N2O/c1-11(15)13-8-5-9-14(10-13)12-6-3-2-4-7-12/h2-4,6-7H,5,8-10H2,1H3. The van der Waals surface area contributed by atoms with Gasteiger partial charge in [0.1, 0.15) is 0 Å². The van der Waals surface area contributed by atoms with Crippen LogP contribution in [0.15, 0.2) is 30.3 Å². The Bertz CT molecular complexity index is 337. The molecule has 1 aromatic rings. The zero-order chi connectivity index (χ0) is 10.7. The van der Waals surface area contributed by atoms with E-state index in [1.54, 1.807) is 6.92 Å². The Hall–Kier alpha value is -1.51. The van der Waals surface area contributed by atoms with Crippen LogP contribution in [0.2, 0.25) is 0 Å². The monoisotopic (exact) mass is 204 g/mol. The van der Waals surface area contributed by atoms with E-state index in [1.807, 2.05) is 23.1 Å². The third kappa shape index (κ3) is 2.29. The summed E-state index contributed by atoms with van der Waals surface area (Å²) in [6, 6.07) is 10.2. The molecule has 1 aliphatic heterocycles. The SMILES string of the molecule is CC(=O)N1CCCN(c2ccccc2)C1. The minimum absolute atomic E-state index is 0.163. The predicted molar refractivity (Wildman–Crippen MR) is 60.7 cm³/mol. The summed E-state index contributed by atoms with van der Waals surface area (Å²) >= 11 is 0. The van der Waals surface area contributed by atoms with Gasteiger partial charge in [-0.3, -0.25) is 4.79 Å². The molecule has 1 saturated heterocycles. The van der Waals surface area contributed by atoms with E-state index in [9.17, 15) is 4.79 Å². The minimum atomic E-state index is 0.163. The first-order chi connectivity index (χ1) is 7.27. The van der Waals surface area contributed by atoms with Crippen LogP contribution in [0.25, 0.3) is 0 Å². The van der Waals surface area contributed by atoms with E-state index in [4.69, 9.17) is 0 Å². The fourth-order valence-electron chi connectivity index (χ4n) is 1.91. The van der Waals surface area contributed by atoms with Crippen molar-refractivity contribution in [2.24, 2.45) is 0 Å². The summed E-state index contributed by atoms with van der Waals surface area (Å²) in [7, 11) is 0. The van der Waals surface area contributed by atoms with E-state index < -0.39 is 0 Å². The highest BCUT2D eigenvalue weighted by Gasteiger charge is 2.18. The molecule has 1 aliphatic rings. The van der Waals surface area contributed by atoms with Crippen LogP contribution in [0.5, 0.6) is 0 Å². The molecule has 0 bridgehead atoms. The van der Waals surface area contributed by atoms with Crippen molar-refractivity contribution >= 4 is 11.6 Å². The molecule has 1 aromatic carbocycles. The number of hydrogen-bond donors (Lipinski definition) is 0. The maximum atomic E-state index is 11.3. The number of carbonyl (C=O) groups is 1. The second kappa shape index (κ2) is 4.34. The third-order valence-electron chi connectivity index (χ3n) is 2.76. The maximum absolute atomic E-state index is 11.3. The number of hydrogen-bond acceptors (Lipinski definition) is 2. The summed E-state index contributed by atoms with van der Waals surface area (Å²) < 4.78 is 0. The Morgan fingerprint density at radius 2 is 1.93 bits per heavy atom. The number of anilines is 1. The van der Waals surface area contributed by atoms with Crippen molar-refractivity contribution in [3.8, 4) is 0 Å². The smallest absolute Gasteiger partial charge is 0.220 e. The Kier molecular flexibility index (Phi) is 2.90. The van der Waals surface area contributed by atoms with Gasteiger partial charge in [0.25, 0.3) is 0 Å². The highest BCUT2D eigenvalue weighted by Crippen LogP contribution is 2.17. The Balaban J connectivity index is 2.08. The molecule has 0 saturated carbocycles. The van der Waals surface area contributed by atoms with Gasteiger partial charge >= 0.3 is 0 Å². The molecule has 2 rings (SSSR count). The van der Waals surface area contributed by atoms with Crippen LogP contribution in [0.1, 0.15) is 13.3 Å². The summed E-state index contributed by atoms with van der Waals surface area (Å²) in [6.45, 7) is 4.28. The van der Waals surface area contributed by atoms with Crippen LogP contribution in [0, 0.1) is 0 Å². The van der Waals surface area contributed by atoms with Crippen LogP contribution >= 0.6 is 0 Å². The minimum Gasteiger partial charge on any atom is -0.354 e. The Morgan fingerprint density at radius 1 is 1.20 bits per heavy atom. The van der Waals surface area contributed by atoms with Crippen LogP contribution in [0.3, 0.4) is 0 Å². The molecule has 1 heterocycles. The van der Waals surface area contributed by atoms with Crippen molar-refractivity contribution < 1.29 is 4.79 Å². The summed E-state index contributed by atoms with van der Waals surface area (Å²) in [4.78, 5) is 15.4. The lowest BCUT2D eigenvalue weighted by Gasteiger charge is -2.36. The van der Waals surface area contributed by atoms with Crippen LogP contribution in [-0.2, 0) is 4.79 Å². The second-order valence-electron chi connectivity index (χ2n) is 3.88. The molecule has 0 aromatic heterocycles. The zero-order valence-electron chi connectivity index (χ0n) is 9.02. The third-order valence-corrected chi connectivity index (χ3v) is 2.76. The predicted octanol–water partition coefficient (Wildman–Crippen LogP) is 1.70. The Labute approximate surface area is 90.3 Å². The quantitative estimate of drug-likeness (QED) is 0.695. The fraction of sp³-hybridized carbons (Fsp3) is 0.417. The van der Waals surface area contributed by atoms with Crippen molar-refractivity contribution in [2.75, 3.05) is 24.7 Å². The number of nitrogens with zero attached hydrogens (tertiary/aromatic N) is 2. The summed E-state index contributed by atoms with van der Waals surface area (Å²) in [5.74, 6) is 0.163. The molecule has 3 nitrogen and oxygen atoms in total. The highest BCUT2D eigenvalue weighted by atomic mass is 16.2. The van der Waals surface area contributed by atoms with E-state index in [1.165, 1.54) is 5.69 Å². The molecule has 0 aliphatic carbocycles. The first kappa shape index (κ1) is 10.0. The van der Waals surface area contributed by atoms with Crippen LogP contribution in [0.4, 0.5) is 5.69 Å². The molecule has 15 heavy (non-hydrogen) atoms. The first-order valence-corrected chi connectivity index (χ1v) is 5.33. The topological polar surface area (TPSA) is 23.6 Å². The van der Waals surface area contributed by atoms with Crippen molar-refractivity contribution in [3.05, 3.63) is 30.3 Å². The number of benzene rings is 1. The van der Waals surface area contributed by atoms with Gasteiger partial charge in [0.05, 0.1) is 6.67 Å². The van der Waals surface area contributed by atoms with Crippen LogP contribution < -0.4 is 4.90 Å². The molecule has 3 heteroatoms. The lowest BCUT2D eigenvalue weighted by Crippen LogP contribution is -2.46. The highest BCUT2D eigenvalue weighted by molar-refractivity contribution is 5.73. The number of rotatable bonds is 1. The molecular formula is C12H16N2O. The van der Waals surface area contributed by atoms with Gasteiger partial charge in [-0.15, -0.1) is 0 Å². The van der Waals surface area contributed by atoms with E-state index in [-0.39, 0.29) is 5.91 Å². The zero-order valence-corrected chi connectivity index (χ0v) is 9.02. The first-order valence-electron chi connectivity index (χ1n) is 5.33. The van der Waals surface area contributed by atoms with E-state index >= 15 is 0 Å². The second-order valence-corrected chi connectivity index (χ2v) is 3.88. The average Bonchev–Trinajstić information content (AvgIpc) is 2.30. The summed E-state index contributed by atoms with van der Waals surface area (Å²) in [5.41, 5.74) is 1.20. The van der Waals surface area contributed by atoms with Gasteiger partial charge in [0.15, 0.2) is 0 Å². The van der Waals surface area contributed by atoms with Gasteiger partial charge < -0.3 is 9.80 Å². The van der Waals surface area contributed by atoms with Crippen LogP contribution in [-0.4, -0.2) is 30.6 Å².